The Balaban J connectivity index is 2.59. The molecule has 15 heavy (non-hydrogen) atoms. The largest absolute Gasteiger partial charge is 0.103 e. The van der Waals surface area contributed by atoms with Crippen molar-refractivity contribution in [1.82, 2.24) is 0 Å². The first-order valence-electron chi connectivity index (χ1n) is 5.36. The van der Waals surface area contributed by atoms with Crippen LogP contribution in [0.2, 0.25) is 0 Å². The molecule has 0 unspecified atom stereocenters. The molecule has 0 bridgehead atoms. The van der Waals surface area contributed by atoms with Gasteiger partial charge in [0.25, 0.3) is 0 Å². The van der Waals surface area contributed by atoms with Crippen LogP contribution in [0.15, 0.2) is 60.7 Å². The Labute approximate surface area is 92.6 Å². The highest BCUT2D eigenvalue weighted by Gasteiger charge is 1.89. The molecule has 78 valence electrons. The number of allylic oxidation sites excluding steroid dienone is 4. The molecule has 0 nitrogen and oxygen atoms in total. The number of hydrogen-bond donors (Lipinski definition) is 0. The van der Waals surface area contributed by atoms with Crippen molar-refractivity contribution < 1.29 is 0 Å². The van der Waals surface area contributed by atoms with Crippen LogP contribution in [0, 0.1) is 0 Å². The van der Waals surface area contributed by atoms with Gasteiger partial charge in [-0.3, -0.25) is 0 Å². The average Bonchev–Trinajstić information content (AvgIpc) is 2.31. The normalized spacial score (nSPS) is 11.9. The summed E-state index contributed by atoms with van der Waals surface area (Å²) in [7, 11) is 0. The van der Waals surface area contributed by atoms with Crippen LogP contribution in [0.4, 0.5) is 0 Å². The van der Waals surface area contributed by atoms with E-state index < -0.39 is 0 Å². The molecule has 0 saturated carbocycles. The summed E-state index contributed by atoms with van der Waals surface area (Å²) in [5.74, 6) is 0. The van der Waals surface area contributed by atoms with E-state index in [-0.39, 0.29) is 0 Å². The Kier molecular flexibility index (Phi) is 5.24. The van der Waals surface area contributed by atoms with Crippen molar-refractivity contribution in [1.29, 1.82) is 0 Å². The van der Waals surface area contributed by atoms with Crippen molar-refractivity contribution in [3.8, 4) is 0 Å². The zero-order valence-corrected chi connectivity index (χ0v) is 9.32. The number of rotatable bonds is 5. The van der Waals surface area contributed by atoms with E-state index in [0.717, 1.165) is 12.8 Å². The fraction of sp³-hybridized carbons (Fsp3) is 0.200. The first kappa shape index (κ1) is 11.5. The molecule has 0 aromatic heterocycles. The Morgan fingerprint density at radius 3 is 2.60 bits per heavy atom. The molecular weight excluding hydrogens is 180 g/mol. The Morgan fingerprint density at radius 2 is 2.00 bits per heavy atom. The highest BCUT2D eigenvalue weighted by Crippen LogP contribution is 2.10. The van der Waals surface area contributed by atoms with E-state index >= 15 is 0 Å². The Morgan fingerprint density at radius 1 is 1.27 bits per heavy atom. The van der Waals surface area contributed by atoms with Crippen molar-refractivity contribution in [2.75, 3.05) is 0 Å². The van der Waals surface area contributed by atoms with Crippen molar-refractivity contribution >= 4 is 6.08 Å². The summed E-state index contributed by atoms with van der Waals surface area (Å²) in [6.07, 6.45) is 10.6. The van der Waals surface area contributed by atoms with E-state index in [1.165, 1.54) is 11.1 Å². The van der Waals surface area contributed by atoms with Gasteiger partial charge < -0.3 is 0 Å². The topological polar surface area (TPSA) is 0 Å². The molecular formula is C15H18. The smallest absolute Gasteiger partial charge is 0.0248 e. The maximum Gasteiger partial charge on any atom is -0.0248 e. The van der Waals surface area contributed by atoms with Gasteiger partial charge in [-0.1, -0.05) is 60.2 Å². The minimum atomic E-state index is 1.04. The summed E-state index contributed by atoms with van der Waals surface area (Å²) in [4.78, 5) is 0. The van der Waals surface area contributed by atoms with Crippen LogP contribution in [-0.2, 0) is 0 Å². The second-order valence-corrected chi connectivity index (χ2v) is 3.43. The molecule has 0 amide bonds. The Bertz CT molecular complexity index is 342. The third kappa shape index (κ3) is 4.46. The van der Waals surface area contributed by atoms with Crippen molar-refractivity contribution in [2.45, 2.75) is 19.8 Å². The van der Waals surface area contributed by atoms with Gasteiger partial charge in [-0.2, -0.15) is 0 Å². The van der Waals surface area contributed by atoms with E-state index in [0.29, 0.717) is 0 Å². The van der Waals surface area contributed by atoms with E-state index in [4.69, 9.17) is 0 Å². The van der Waals surface area contributed by atoms with Crippen LogP contribution < -0.4 is 0 Å². The molecule has 1 aromatic carbocycles. The van der Waals surface area contributed by atoms with Gasteiger partial charge >= 0.3 is 0 Å². The predicted molar refractivity (Wildman–Crippen MR) is 68.7 cm³/mol. The fourth-order valence-corrected chi connectivity index (χ4v) is 1.36. The number of benzene rings is 1. The molecule has 0 atom stereocenters. The molecule has 1 rings (SSSR count). The minimum Gasteiger partial charge on any atom is -0.103 e. The van der Waals surface area contributed by atoms with Crippen LogP contribution in [0.1, 0.15) is 25.3 Å². The van der Waals surface area contributed by atoms with Gasteiger partial charge in [0, 0.05) is 0 Å². The lowest BCUT2D eigenvalue weighted by Crippen LogP contribution is -1.77. The first-order chi connectivity index (χ1) is 7.36. The van der Waals surface area contributed by atoms with Crippen molar-refractivity contribution in [3.63, 3.8) is 0 Å². The molecule has 1 aromatic rings. The molecule has 0 radical (unpaired) electrons. The van der Waals surface area contributed by atoms with Gasteiger partial charge in [0.1, 0.15) is 0 Å². The molecule has 0 fully saturated rings. The lowest BCUT2D eigenvalue weighted by molar-refractivity contribution is 1.01. The maximum atomic E-state index is 3.73. The molecule has 0 heteroatoms. The zero-order valence-electron chi connectivity index (χ0n) is 9.32. The maximum absolute atomic E-state index is 3.73. The van der Waals surface area contributed by atoms with Gasteiger partial charge in [0.05, 0.1) is 0 Å². The molecule has 0 N–H and O–H groups in total. The highest BCUT2D eigenvalue weighted by atomic mass is 13.9. The summed E-state index contributed by atoms with van der Waals surface area (Å²) in [6, 6.07) is 10.4. The lowest BCUT2D eigenvalue weighted by atomic mass is 10.1. The van der Waals surface area contributed by atoms with Crippen molar-refractivity contribution in [2.24, 2.45) is 0 Å². The molecule has 0 saturated heterocycles. The van der Waals surface area contributed by atoms with Gasteiger partial charge in [0.2, 0.25) is 0 Å². The molecule has 0 aliphatic heterocycles. The summed E-state index contributed by atoms with van der Waals surface area (Å²) < 4.78 is 0. The number of hydrogen-bond acceptors (Lipinski definition) is 0. The SMILES string of the molecule is C=CCCC(C=Cc1ccccc1)=CC. The van der Waals surface area contributed by atoms with Gasteiger partial charge in [-0.25, -0.2) is 0 Å². The third-order valence-corrected chi connectivity index (χ3v) is 2.30. The summed E-state index contributed by atoms with van der Waals surface area (Å²) in [5, 5.41) is 0. The quantitative estimate of drug-likeness (QED) is 0.478. The van der Waals surface area contributed by atoms with Crippen LogP contribution >= 0.6 is 0 Å². The Hall–Kier alpha value is -1.56. The second-order valence-electron chi connectivity index (χ2n) is 3.43. The monoisotopic (exact) mass is 198 g/mol. The lowest BCUT2D eigenvalue weighted by Gasteiger charge is -1.98. The molecule has 0 spiro atoms. The molecule has 0 aliphatic rings. The van der Waals surface area contributed by atoms with Gasteiger partial charge in [0.15, 0.2) is 0 Å². The van der Waals surface area contributed by atoms with Crippen LogP contribution in [0.3, 0.4) is 0 Å². The van der Waals surface area contributed by atoms with E-state index in [1.807, 2.05) is 12.1 Å². The standard InChI is InChI=1S/C15H18/c1-3-5-9-14(4-2)12-13-15-10-7-6-8-11-15/h3-4,6-8,10-13H,1,5,9H2,2H3. The zero-order chi connectivity index (χ0) is 10.9. The fourth-order valence-electron chi connectivity index (χ4n) is 1.36. The highest BCUT2D eigenvalue weighted by molar-refractivity contribution is 5.52. The van der Waals surface area contributed by atoms with E-state index in [9.17, 15) is 0 Å². The van der Waals surface area contributed by atoms with Crippen molar-refractivity contribution in [3.05, 3.63) is 66.3 Å². The summed E-state index contributed by atoms with van der Waals surface area (Å²) >= 11 is 0. The predicted octanol–water partition coefficient (Wildman–Crippen LogP) is 4.61. The van der Waals surface area contributed by atoms with Crippen LogP contribution in [-0.4, -0.2) is 0 Å². The second kappa shape index (κ2) is 6.83. The van der Waals surface area contributed by atoms with Crippen LogP contribution in [0.25, 0.3) is 6.08 Å². The average molecular weight is 198 g/mol. The van der Waals surface area contributed by atoms with Crippen LogP contribution in [0.5, 0.6) is 0 Å². The van der Waals surface area contributed by atoms with Gasteiger partial charge in [-0.05, 0) is 25.3 Å². The molecule has 0 aliphatic carbocycles. The first-order valence-corrected chi connectivity index (χ1v) is 5.36. The van der Waals surface area contributed by atoms with Gasteiger partial charge in [-0.15, -0.1) is 6.58 Å². The minimum absolute atomic E-state index is 1.04. The molecule has 0 heterocycles. The summed E-state index contributed by atoms with van der Waals surface area (Å²) in [5.41, 5.74) is 2.61. The third-order valence-electron chi connectivity index (χ3n) is 2.30. The van der Waals surface area contributed by atoms with E-state index in [1.54, 1.807) is 0 Å². The summed E-state index contributed by atoms with van der Waals surface area (Å²) in [6.45, 7) is 5.81. The van der Waals surface area contributed by atoms with E-state index in [2.05, 4.69) is 56.0 Å².